The zero-order chi connectivity index (χ0) is 27.6. The summed E-state index contributed by atoms with van der Waals surface area (Å²) in [4.78, 5) is 41.0. The van der Waals surface area contributed by atoms with E-state index in [1.165, 1.54) is 36.4 Å². The van der Waals surface area contributed by atoms with Crippen molar-refractivity contribution in [3.63, 3.8) is 0 Å². The van der Waals surface area contributed by atoms with Crippen LogP contribution in [0.25, 0.3) is 16.6 Å². The van der Waals surface area contributed by atoms with Crippen molar-refractivity contribution in [1.82, 2.24) is 14.3 Å². The van der Waals surface area contributed by atoms with Crippen LogP contribution in [0.3, 0.4) is 0 Å². The number of carbonyl (C=O) groups excluding carboxylic acids is 1. The Labute approximate surface area is 231 Å². The molecular weight excluding hydrogens is 562 g/mol. The molecule has 2 heterocycles. The van der Waals surface area contributed by atoms with Crippen molar-refractivity contribution >= 4 is 61.3 Å². The summed E-state index contributed by atoms with van der Waals surface area (Å²) in [6.45, 7) is 0.584. The van der Waals surface area contributed by atoms with E-state index in [1.807, 2.05) is 35.1 Å². The molecule has 198 valence electrons. The van der Waals surface area contributed by atoms with Gasteiger partial charge >= 0.3 is 11.7 Å². The number of halogens is 1. The first-order chi connectivity index (χ1) is 18.7. The van der Waals surface area contributed by atoms with Crippen molar-refractivity contribution in [3.8, 4) is 5.69 Å². The number of fused-ring (bicyclic) bond motifs is 1. The molecule has 0 aliphatic rings. The van der Waals surface area contributed by atoms with Gasteiger partial charge in [0.05, 0.1) is 20.9 Å². The van der Waals surface area contributed by atoms with E-state index < -0.39 is 27.3 Å². The van der Waals surface area contributed by atoms with Gasteiger partial charge in [-0.2, -0.15) is 0 Å². The van der Waals surface area contributed by atoms with Gasteiger partial charge < -0.3 is 15.6 Å². The molecule has 0 atom stereocenters. The standard InChI is InChI=1S/C26H20ClN5O5S2/c27-22-12-13-23(38-22)39(36,37)31-25(34)29-17-6-9-19(10-7-17)32-24(33)20-11-8-18(14-21(20)30-26(32)35)28-15-16-4-2-1-3-5-16/h1-14,28H,15H2,(H,30,35)(H2,29,31,34). The van der Waals surface area contributed by atoms with E-state index in [1.54, 1.807) is 18.2 Å². The lowest BCUT2D eigenvalue weighted by molar-refractivity contribution is 0.256. The van der Waals surface area contributed by atoms with Crippen molar-refractivity contribution in [2.24, 2.45) is 0 Å². The first kappa shape index (κ1) is 26.2. The van der Waals surface area contributed by atoms with Gasteiger partial charge in [-0.15, -0.1) is 11.3 Å². The Hall–Kier alpha value is -4.39. The monoisotopic (exact) mass is 581 g/mol. The number of nitrogens with one attached hydrogen (secondary N) is 4. The van der Waals surface area contributed by atoms with E-state index in [0.717, 1.165) is 27.2 Å². The number of urea groups is 1. The van der Waals surface area contributed by atoms with Crippen molar-refractivity contribution in [1.29, 1.82) is 0 Å². The third kappa shape index (κ3) is 5.87. The van der Waals surface area contributed by atoms with Crippen LogP contribution in [0.2, 0.25) is 4.34 Å². The minimum absolute atomic E-state index is 0.105. The molecule has 0 spiro atoms. The van der Waals surface area contributed by atoms with Gasteiger partial charge in [0, 0.05) is 17.9 Å². The number of thiophene rings is 1. The molecule has 4 N–H and O–H groups in total. The molecule has 0 unspecified atom stereocenters. The number of amides is 2. The van der Waals surface area contributed by atoms with Gasteiger partial charge in [-0.3, -0.25) is 4.79 Å². The highest BCUT2D eigenvalue weighted by molar-refractivity contribution is 7.92. The number of hydrogen-bond donors (Lipinski definition) is 4. The summed E-state index contributed by atoms with van der Waals surface area (Å²) < 4.78 is 27.6. The number of nitrogens with zero attached hydrogens (tertiary/aromatic N) is 1. The molecular formula is C26H20ClN5O5S2. The first-order valence-corrected chi connectivity index (χ1v) is 14.1. The van der Waals surface area contributed by atoms with Gasteiger partial charge in [0.1, 0.15) is 4.21 Å². The van der Waals surface area contributed by atoms with Crippen LogP contribution in [0.4, 0.5) is 16.2 Å². The number of aromatic nitrogens is 2. The van der Waals surface area contributed by atoms with Gasteiger partial charge in [0.25, 0.3) is 15.6 Å². The third-order valence-electron chi connectivity index (χ3n) is 5.66. The van der Waals surface area contributed by atoms with Crippen LogP contribution < -0.4 is 26.6 Å². The van der Waals surface area contributed by atoms with Crippen LogP contribution in [-0.2, 0) is 16.6 Å². The molecule has 0 saturated heterocycles. The molecule has 0 saturated carbocycles. The average Bonchev–Trinajstić information content (AvgIpc) is 3.36. The number of sulfonamides is 1. The molecule has 39 heavy (non-hydrogen) atoms. The largest absolute Gasteiger partial charge is 0.381 e. The SMILES string of the molecule is O=C(Nc1ccc(-n2c(=O)[nH]c3cc(NCc4ccccc4)ccc3c2=O)cc1)NS(=O)(=O)c1ccc(Cl)s1. The summed E-state index contributed by atoms with van der Waals surface area (Å²) in [6.07, 6.45) is 0. The van der Waals surface area contributed by atoms with Crippen LogP contribution in [0.15, 0.2) is 98.7 Å². The number of anilines is 2. The minimum Gasteiger partial charge on any atom is -0.381 e. The van der Waals surface area contributed by atoms with E-state index in [2.05, 4.69) is 15.6 Å². The van der Waals surface area contributed by atoms with Gasteiger partial charge in [0.2, 0.25) is 0 Å². The number of rotatable bonds is 7. The smallest absolute Gasteiger partial charge is 0.333 e. The molecule has 5 aromatic rings. The Morgan fingerprint density at radius 3 is 2.33 bits per heavy atom. The summed E-state index contributed by atoms with van der Waals surface area (Å²) in [5.74, 6) is 0. The normalized spacial score (nSPS) is 11.3. The van der Waals surface area contributed by atoms with Crippen LogP contribution in [0.5, 0.6) is 0 Å². The fourth-order valence-corrected chi connectivity index (χ4v) is 6.22. The van der Waals surface area contributed by atoms with Gasteiger partial charge in [0.15, 0.2) is 0 Å². The Morgan fingerprint density at radius 2 is 1.64 bits per heavy atom. The molecule has 2 amide bonds. The van der Waals surface area contributed by atoms with Crippen LogP contribution in [0, 0.1) is 0 Å². The highest BCUT2D eigenvalue weighted by Gasteiger charge is 2.20. The van der Waals surface area contributed by atoms with E-state index in [-0.39, 0.29) is 19.9 Å². The Balaban J connectivity index is 1.32. The van der Waals surface area contributed by atoms with Crippen molar-refractivity contribution in [2.75, 3.05) is 10.6 Å². The summed E-state index contributed by atoms with van der Waals surface area (Å²) in [5.41, 5.74) is 1.59. The molecule has 10 nitrogen and oxygen atoms in total. The number of aromatic amines is 1. The van der Waals surface area contributed by atoms with E-state index in [0.29, 0.717) is 17.4 Å². The number of carbonyl (C=O) groups is 1. The van der Waals surface area contributed by atoms with E-state index in [9.17, 15) is 22.8 Å². The van der Waals surface area contributed by atoms with Crippen molar-refractivity contribution in [3.05, 3.63) is 116 Å². The highest BCUT2D eigenvalue weighted by Crippen LogP contribution is 2.25. The van der Waals surface area contributed by atoms with Gasteiger partial charge in [-0.25, -0.2) is 27.3 Å². The first-order valence-electron chi connectivity index (χ1n) is 11.5. The number of H-pyrrole nitrogens is 1. The summed E-state index contributed by atoms with van der Waals surface area (Å²) in [5, 5.41) is 5.99. The molecule has 3 aromatic carbocycles. The lowest BCUT2D eigenvalue weighted by Crippen LogP contribution is -2.34. The molecule has 0 fully saturated rings. The second-order valence-electron chi connectivity index (χ2n) is 8.34. The summed E-state index contributed by atoms with van der Waals surface area (Å²) >= 11 is 6.58. The summed E-state index contributed by atoms with van der Waals surface area (Å²) in [6, 6.07) is 22.4. The molecule has 0 radical (unpaired) electrons. The van der Waals surface area contributed by atoms with Crippen molar-refractivity contribution < 1.29 is 13.2 Å². The van der Waals surface area contributed by atoms with Gasteiger partial charge in [-0.1, -0.05) is 41.9 Å². The maximum Gasteiger partial charge on any atom is 0.333 e. The molecule has 2 aromatic heterocycles. The van der Waals surface area contributed by atoms with Crippen LogP contribution in [-0.4, -0.2) is 24.0 Å². The fraction of sp³-hybridized carbons (Fsp3) is 0.0385. The van der Waals surface area contributed by atoms with Crippen LogP contribution >= 0.6 is 22.9 Å². The van der Waals surface area contributed by atoms with E-state index in [4.69, 9.17) is 11.6 Å². The predicted octanol–water partition coefficient (Wildman–Crippen LogP) is 4.52. The Kier molecular flexibility index (Phi) is 7.24. The quantitative estimate of drug-likeness (QED) is 0.223. The topological polar surface area (TPSA) is 142 Å². The molecule has 0 aliphatic carbocycles. The molecule has 0 bridgehead atoms. The number of hydrogen-bond acceptors (Lipinski definition) is 7. The van der Waals surface area contributed by atoms with Crippen molar-refractivity contribution in [2.45, 2.75) is 10.8 Å². The predicted molar refractivity (Wildman–Crippen MR) is 153 cm³/mol. The highest BCUT2D eigenvalue weighted by atomic mass is 35.5. The molecule has 5 rings (SSSR count). The Bertz CT molecular complexity index is 1900. The minimum atomic E-state index is -4.09. The zero-order valence-corrected chi connectivity index (χ0v) is 22.4. The molecule has 13 heteroatoms. The maximum absolute atomic E-state index is 13.2. The Morgan fingerprint density at radius 1 is 0.923 bits per heavy atom. The van der Waals surface area contributed by atoms with E-state index >= 15 is 0 Å². The lowest BCUT2D eigenvalue weighted by atomic mass is 10.2. The second-order valence-corrected chi connectivity index (χ2v) is 12.0. The number of benzene rings is 3. The second kappa shape index (κ2) is 10.8. The maximum atomic E-state index is 13.2. The zero-order valence-electron chi connectivity index (χ0n) is 20.0. The lowest BCUT2D eigenvalue weighted by Gasteiger charge is -2.11. The third-order valence-corrected chi connectivity index (χ3v) is 8.72. The molecule has 0 aliphatic heterocycles. The van der Waals surface area contributed by atoms with Crippen LogP contribution in [0.1, 0.15) is 5.56 Å². The average molecular weight is 582 g/mol. The van der Waals surface area contributed by atoms with Gasteiger partial charge in [-0.05, 0) is 60.2 Å². The summed E-state index contributed by atoms with van der Waals surface area (Å²) in [7, 11) is -4.09. The fourth-order valence-electron chi connectivity index (χ4n) is 3.83.